The molecule has 1 atom stereocenters. The summed E-state index contributed by atoms with van der Waals surface area (Å²) in [5.41, 5.74) is 0. The van der Waals surface area contributed by atoms with E-state index in [1.54, 1.807) is 0 Å². The van der Waals surface area contributed by atoms with Crippen LogP contribution in [0, 0.1) is 11.8 Å². The Labute approximate surface area is 102 Å². The number of halogens is 1. The summed E-state index contributed by atoms with van der Waals surface area (Å²) in [5, 5.41) is 0.669. The fraction of sp³-hybridized carbons (Fsp3) is 1.00. The van der Waals surface area contributed by atoms with Crippen molar-refractivity contribution in [3.8, 4) is 0 Å². The standard InChI is InChI=1S/C10H22BrNO2S/c1-8(2)5-10(6-11)12-15(13,14)7-9(3)4/h8-10,12H,5-7H2,1-4H3. The van der Waals surface area contributed by atoms with Gasteiger partial charge in [0.1, 0.15) is 0 Å². The molecule has 0 aromatic carbocycles. The third-order valence-electron chi connectivity index (χ3n) is 1.84. The Hall–Kier alpha value is 0.390. The Morgan fingerprint density at radius 2 is 1.67 bits per heavy atom. The van der Waals surface area contributed by atoms with Crippen molar-refractivity contribution in [2.75, 3.05) is 11.1 Å². The average molecular weight is 300 g/mol. The lowest BCUT2D eigenvalue weighted by atomic mass is 10.1. The van der Waals surface area contributed by atoms with Crippen molar-refractivity contribution in [1.82, 2.24) is 4.72 Å². The Bertz CT molecular complexity index is 263. The monoisotopic (exact) mass is 299 g/mol. The first-order valence-electron chi connectivity index (χ1n) is 5.32. The molecule has 0 aliphatic heterocycles. The van der Waals surface area contributed by atoms with E-state index in [0.29, 0.717) is 11.2 Å². The van der Waals surface area contributed by atoms with Gasteiger partial charge in [0.25, 0.3) is 0 Å². The molecule has 15 heavy (non-hydrogen) atoms. The number of rotatable bonds is 7. The van der Waals surface area contributed by atoms with Crippen LogP contribution >= 0.6 is 15.9 Å². The first-order chi connectivity index (χ1) is 6.76. The molecule has 92 valence electrons. The summed E-state index contributed by atoms with van der Waals surface area (Å²) < 4.78 is 26.1. The minimum Gasteiger partial charge on any atom is -0.212 e. The maximum Gasteiger partial charge on any atom is 0.212 e. The molecule has 0 aliphatic carbocycles. The number of nitrogens with one attached hydrogen (secondary N) is 1. The van der Waals surface area contributed by atoms with E-state index in [1.807, 2.05) is 13.8 Å². The number of hydrogen-bond donors (Lipinski definition) is 1. The van der Waals surface area contributed by atoms with Gasteiger partial charge in [-0.2, -0.15) is 0 Å². The van der Waals surface area contributed by atoms with Crippen LogP contribution in [0.15, 0.2) is 0 Å². The van der Waals surface area contributed by atoms with Crippen molar-refractivity contribution in [2.24, 2.45) is 11.8 Å². The molecule has 1 N–H and O–H groups in total. The maximum absolute atomic E-state index is 11.7. The smallest absolute Gasteiger partial charge is 0.212 e. The van der Waals surface area contributed by atoms with Crippen LogP contribution in [0.2, 0.25) is 0 Å². The molecule has 0 aliphatic rings. The quantitative estimate of drug-likeness (QED) is 0.734. The summed E-state index contributed by atoms with van der Waals surface area (Å²) in [7, 11) is -3.12. The Kier molecular flexibility index (Phi) is 7.04. The van der Waals surface area contributed by atoms with E-state index in [9.17, 15) is 8.42 Å². The van der Waals surface area contributed by atoms with E-state index >= 15 is 0 Å². The summed E-state index contributed by atoms with van der Waals surface area (Å²) >= 11 is 3.34. The lowest BCUT2D eigenvalue weighted by molar-refractivity contribution is 0.485. The summed E-state index contributed by atoms with van der Waals surface area (Å²) in [6.45, 7) is 7.99. The molecule has 0 spiro atoms. The van der Waals surface area contributed by atoms with Crippen LogP contribution in [-0.4, -0.2) is 25.5 Å². The minimum atomic E-state index is -3.12. The molecular formula is C10H22BrNO2S. The Balaban J connectivity index is 4.28. The van der Waals surface area contributed by atoms with Crippen molar-refractivity contribution in [3.63, 3.8) is 0 Å². The van der Waals surface area contributed by atoms with Crippen LogP contribution in [0.3, 0.4) is 0 Å². The molecule has 0 bridgehead atoms. The van der Waals surface area contributed by atoms with E-state index in [-0.39, 0.29) is 17.7 Å². The first kappa shape index (κ1) is 15.4. The third kappa shape index (κ3) is 8.22. The molecule has 0 saturated heterocycles. The minimum absolute atomic E-state index is 0.00810. The van der Waals surface area contributed by atoms with Crippen LogP contribution in [0.1, 0.15) is 34.1 Å². The highest BCUT2D eigenvalue weighted by Gasteiger charge is 2.18. The molecule has 1 unspecified atom stereocenters. The number of sulfonamides is 1. The van der Waals surface area contributed by atoms with Gasteiger partial charge in [-0.3, -0.25) is 0 Å². The van der Waals surface area contributed by atoms with Gasteiger partial charge in [0.05, 0.1) is 5.75 Å². The van der Waals surface area contributed by atoms with E-state index < -0.39 is 10.0 Å². The molecule has 0 aromatic rings. The third-order valence-corrected chi connectivity index (χ3v) is 4.42. The van der Waals surface area contributed by atoms with Gasteiger partial charge in [-0.15, -0.1) is 0 Å². The Morgan fingerprint density at radius 3 is 2.00 bits per heavy atom. The van der Waals surface area contributed by atoms with Crippen LogP contribution in [-0.2, 0) is 10.0 Å². The van der Waals surface area contributed by atoms with Gasteiger partial charge in [-0.1, -0.05) is 43.6 Å². The fourth-order valence-electron chi connectivity index (χ4n) is 1.45. The van der Waals surface area contributed by atoms with E-state index in [2.05, 4.69) is 34.5 Å². The molecule has 5 heteroatoms. The van der Waals surface area contributed by atoms with E-state index in [4.69, 9.17) is 0 Å². The number of alkyl halides is 1. The highest BCUT2D eigenvalue weighted by molar-refractivity contribution is 9.09. The molecule has 0 saturated carbocycles. The molecule has 0 amide bonds. The highest BCUT2D eigenvalue weighted by Crippen LogP contribution is 2.09. The summed E-state index contributed by atoms with van der Waals surface area (Å²) in [4.78, 5) is 0. The second-order valence-electron chi connectivity index (χ2n) is 4.77. The molecule has 0 heterocycles. The van der Waals surface area contributed by atoms with Crippen LogP contribution in [0.5, 0.6) is 0 Å². The van der Waals surface area contributed by atoms with Crippen molar-refractivity contribution >= 4 is 26.0 Å². The lowest BCUT2D eigenvalue weighted by Gasteiger charge is -2.18. The summed E-state index contributed by atoms with van der Waals surface area (Å²) in [6.07, 6.45) is 0.864. The van der Waals surface area contributed by atoms with Crippen LogP contribution < -0.4 is 4.72 Å². The van der Waals surface area contributed by atoms with E-state index in [1.165, 1.54) is 0 Å². The number of hydrogen-bond acceptors (Lipinski definition) is 2. The SMILES string of the molecule is CC(C)CC(CBr)NS(=O)(=O)CC(C)C. The summed E-state index contributed by atoms with van der Waals surface area (Å²) in [6, 6.07) is 0.00810. The van der Waals surface area contributed by atoms with Crippen molar-refractivity contribution in [3.05, 3.63) is 0 Å². The second-order valence-corrected chi connectivity index (χ2v) is 7.22. The topological polar surface area (TPSA) is 46.2 Å². The second kappa shape index (κ2) is 6.86. The van der Waals surface area contributed by atoms with Gasteiger partial charge in [0.2, 0.25) is 10.0 Å². The first-order valence-corrected chi connectivity index (χ1v) is 8.10. The van der Waals surface area contributed by atoms with Crippen LogP contribution in [0.4, 0.5) is 0 Å². The maximum atomic E-state index is 11.7. The largest absolute Gasteiger partial charge is 0.212 e. The van der Waals surface area contributed by atoms with Gasteiger partial charge in [0.15, 0.2) is 0 Å². The van der Waals surface area contributed by atoms with Gasteiger partial charge < -0.3 is 0 Å². The molecule has 3 nitrogen and oxygen atoms in total. The van der Waals surface area contributed by atoms with Gasteiger partial charge in [0, 0.05) is 11.4 Å². The van der Waals surface area contributed by atoms with E-state index in [0.717, 1.165) is 6.42 Å². The van der Waals surface area contributed by atoms with Gasteiger partial charge >= 0.3 is 0 Å². The fourth-order valence-corrected chi connectivity index (χ4v) is 3.75. The van der Waals surface area contributed by atoms with Crippen molar-refractivity contribution in [2.45, 2.75) is 40.2 Å². The Morgan fingerprint density at radius 1 is 1.13 bits per heavy atom. The lowest BCUT2D eigenvalue weighted by Crippen LogP contribution is -2.39. The predicted octanol–water partition coefficient (Wildman–Crippen LogP) is 2.37. The van der Waals surface area contributed by atoms with Crippen LogP contribution in [0.25, 0.3) is 0 Å². The molecule has 0 fully saturated rings. The van der Waals surface area contributed by atoms with Gasteiger partial charge in [-0.25, -0.2) is 13.1 Å². The average Bonchev–Trinajstić information content (AvgIpc) is 1.98. The highest BCUT2D eigenvalue weighted by atomic mass is 79.9. The molecule has 0 aromatic heterocycles. The van der Waals surface area contributed by atoms with Crippen molar-refractivity contribution in [1.29, 1.82) is 0 Å². The zero-order valence-corrected chi connectivity index (χ0v) is 12.4. The molecular weight excluding hydrogens is 278 g/mol. The van der Waals surface area contributed by atoms with Gasteiger partial charge in [-0.05, 0) is 18.3 Å². The normalized spacial score (nSPS) is 14.9. The predicted molar refractivity (Wildman–Crippen MR) is 68.8 cm³/mol. The zero-order valence-electron chi connectivity index (χ0n) is 9.96. The molecule has 0 rings (SSSR count). The van der Waals surface area contributed by atoms with Crippen molar-refractivity contribution < 1.29 is 8.42 Å². The molecule has 0 radical (unpaired) electrons. The summed E-state index contributed by atoms with van der Waals surface area (Å²) in [5.74, 6) is 0.862. The zero-order chi connectivity index (χ0) is 12.1.